The van der Waals surface area contributed by atoms with Gasteiger partial charge >= 0.3 is 0 Å². The largest absolute Gasteiger partial charge is 0.399 e. The van der Waals surface area contributed by atoms with E-state index in [4.69, 9.17) is 11.5 Å². The van der Waals surface area contributed by atoms with Crippen LogP contribution in [0.5, 0.6) is 0 Å². The van der Waals surface area contributed by atoms with Gasteiger partial charge in [-0.25, -0.2) is 8.42 Å². The molecular formula is C24H38N4O2S. The molecule has 7 heteroatoms. The van der Waals surface area contributed by atoms with Gasteiger partial charge in [-0.15, -0.1) is 0 Å². The first-order valence-electron chi connectivity index (χ1n) is 11.1. The van der Waals surface area contributed by atoms with Crippen LogP contribution in [-0.2, 0) is 9.84 Å². The van der Waals surface area contributed by atoms with Gasteiger partial charge in [0.1, 0.15) is 0 Å². The third-order valence-corrected chi connectivity index (χ3v) is 8.48. The van der Waals surface area contributed by atoms with Crippen LogP contribution < -0.4 is 11.5 Å². The molecule has 0 saturated heterocycles. The van der Waals surface area contributed by atoms with E-state index in [2.05, 4.69) is 37.5 Å². The summed E-state index contributed by atoms with van der Waals surface area (Å²) in [5.41, 5.74) is 14.6. The molecule has 172 valence electrons. The Kier molecular flexibility index (Phi) is 9.34. The molecule has 0 aliphatic rings. The molecule has 2 aromatic carbocycles. The summed E-state index contributed by atoms with van der Waals surface area (Å²) in [5, 5.41) is -1.29. The molecule has 0 heterocycles. The minimum Gasteiger partial charge on any atom is -0.399 e. The van der Waals surface area contributed by atoms with Crippen LogP contribution >= 0.6 is 0 Å². The molecule has 2 unspecified atom stereocenters. The number of rotatable bonds is 12. The van der Waals surface area contributed by atoms with Crippen molar-refractivity contribution >= 4 is 21.2 Å². The van der Waals surface area contributed by atoms with Gasteiger partial charge in [-0.1, -0.05) is 52.0 Å². The lowest BCUT2D eigenvalue weighted by molar-refractivity contribution is 0.292. The molecule has 31 heavy (non-hydrogen) atoms. The van der Waals surface area contributed by atoms with E-state index in [9.17, 15) is 8.42 Å². The summed E-state index contributed by atoms with van der Waals surface area (Å²) in [6.45, 7) is 12.3. The van der Waals surface area contributed by atoms with Gasteiger partial charge in [0.05, 0.1) is 10.5 Å². The smallest absolute Gasteiger partial charge is 0.166 e. The Labute approximate surface area is 188 Å². The average molecular weight is 447 g/mol. The van der Waals surface area contributed by atoms with Crippen LogP contribution in [0.4, 0.5) is 11.4 Å². The molecule has 2 rings (SSSR count). The van der Waals surface area contributed by atoms with E-state index >= 15 is 0 Å². The number of nitrogens with zero attached hydrogens (tertiary/aromatic N) is 2. The SMILES string of the molecule is CCN(CC)CC(c1ccc(N)cc1)S(=O)(=O)C(CN(CC)CC)c1ccc(N)cc1. The van der Waals surface area contributed by atoms with Crippen molar-refractivity contribution in [2.75, 3.05) is 50.7 Å². The molecule has 0 saturated carbocycles. The highest BCUT2D eigenvalue weighted by Gasteiger charge is 2.37. The lowest BCUT2D eigenvalue weighted by Crippen LogP contribution is -2.38. The fraction of sp³-hybridized carbons (Fsp3) is 0.500. The van der Waals surface area contributed by atoms with Gasteiger partial charge < -0.3 is 21.3 Å². The minimum absolute atomic E-state index is 0.447. The van der Waals surface area contributed by atoms with E-state index in [0.717, 1.165) is 37.3 Å². The summed E-state index contributed by atoms with van der Waals surface area (Å²) in [6, 6.07) is 14.5. The first-order valence-corrected chi connectivity index (χ1v) is 12.8. The maximum Gasteiger partial charge on any atom is 0.166 e. The molecule has 0 aliphatic carbocycles. The molecule has 0 radical (unpaired) electrons. The van der Waals surface area contributed by atoms with Crippen LogP contribution in [-0.4, -0.2) is 57.5 Å². The summed E-state index contributed by atoms with van der Waals surface area (Å²) < 4.78 is 28.4. The van der Waals surface area contributed by atoms with Crippen molar-refractivity contribution in [3.05, 3.63) is 59.7 Å². The highest BCUT2D eigenvalue weighted by Crippen LogP contribution is 2.36. The zero-order valence-corrected chi connectivity index (χ0v) is 20.1. The number of likely N-dealkylation sites (N-methyl/N-ethyl adjacent to an activating group) is 2. The Balaban J connectivity index is 2.58. The second-order valence-corrected chi connectivity index (χ2v) is 10.2. The van der Waals surface area contributed by atoms with Crippen molar-refractivity contribution in [2.45, 2.75) is 38.2 Å². The third kappa shape index (κ3) is 6.45. The first-order chi connectivity index (χ1) is 14.8. The van der Waals surface area contributed by atoms with Crippen molar-refractivity contribution in [1.82, 2.24) is 9.80 Å². The van der Waals surface area contributed by atoms with Gasteiger partial charge in [0, 0.05) is 24.5 Å². The van der Waals surface area contributed by atoms with E-state index in [1.165, 1.54) is 0 Å². The number of anilines is 2. The summed E-state index contributed by atoms with van der Waals surface area (Å²) in [7, 11) is -3.59. The molecule has 2 aromatic rings. The van der Waals surface area contributed by atoms with Crippen LogP contribution in [0, 0.1) is 0 Å². The summed E-state index contributed by atoms with van der Waals surface area (Å²) in [4.78, 5) is 4.33. The molecule has 0 aliphatic heterocycles. The zero-order chi connectivity index (χ0) is 23.0. The van der Waals surface area contributed by atoms with Gasteiger partial charge in [0.25, 0.3) is 0 Å². The molecule has 2 atom stereocenters. The van der Waals surface area contributed by atoms with E-state index in [1.807, 2.05) is 24.3 Å². The number of sulfone groups is 1. The minimum atomic E-state index is -3.59. The van der Waals surface area contributed by atoms with Crippen molar-refractivity contribution in [3.8, 4) is 0 Å². The van der Waals surface area contributed by atoms with E-state index in [1.54, 1.807) is 24.3 Å². The van der Waals surface area contributed by atoms with Crippen molar-refractivity contribution in [1.29, 1.82) is 0 Å². The number of nitrogens with two attached hydrogens (primary N) is 2. The van der Waals surface area contributed by atoms with Gasteiger partial charge in [-0.2, -0.15) is 0 Å². The first kappa shape index (κ1) is 25.2. The number of hydrogen-bond donors (Lipinski definition) is 2. The molecule has 0 amide bonds. The molecule has 0 bridgehead atoms. The quantitative estimate of drug-likeness (QED) is 0.483. The Bertz CT molecular complexity index is 821. The Morgan fingerprint density at radius 3 is 1.19 bits per heavy atom. The van der Waals surface area contributed by atoms with E-state index in [-0.39, 0.29) is 0 Å². The lowest BCUT2D eigenvalue weighted by atomic mass is 10.1. The molecule has 4 N–H and O–H groups in total. The van der Waals surface area contributed by atoms with Crippen LogP contribution in [0.3, 0.4) is 0 Å². The van der Waals surface area contributed by atoms with Gasteiger partial charge in [0.2, 0.25) is 0 Å². The number of hydrogen-bond acceptors (Lipinski definition) is 6. The molecular weight excluding hydrogens is 408 g/mol. The van der Waals surface area contributed by atoms with Gasteiger partial charge in [-0.3, -0.25) is 0 Å². The summed E-state index contributed by atoms with van der Waals surface area (Å²) >= 11 is 0. The predicted octanol–water partition coefficient (Wildman–Crippen LogP) is 3.73. The second kappa shape index (κ2) is 11.5. The molecule has 0 spiro atoms. The van der Waals surface area contributed by atoms with Crippen molar-refractivity contribution in [2.24, 2.45) is 0 Å². The Morgan fingerprint density at radius 1 is 0.645 bits per heavy atom. The monoisotopic (exact) mass is 446 g/mol. The maximum atomic E-state index is 14.2. The highest BCUT2D eigenvalue weighted by molar-refractivity contribution is 7.92. The lowest BCUT2D eigenvalue weighted by Gasteiger charge is -2.32. The Hall–Kier alpha value is -2.09. The number of nitrogen functional groups attached to an aromatic ring is 2. The van der Waals surface area contributed by atoms with Crippen LogP contribution in [0.15, 0.2) is 48.5 Å². The van der Waals surface area contributed by atoms with E-state index < -0.39 is 20.3 Å². The zero-order valence-electron chi connectivity index (χ0n) is 19.3. The highest BCUT2D eigenvalue weighted by atomic mass is 32.2. The van der Waals surface area contributed by atoms with Crippen LogP contribution in [0.2, 0.25) is 0 Å². The number of benzene rings is 2. The maximum absolute atomic E-state index is 14.2. The van der Waals surface area contributed by atoms with Crippen LogP contribution in [0.25, 0.3) is 0 Å². The fourth-order valence-electron chi connectivity index (χ4n) is 3.85. The fourth-order valence-corrected chi connectivity index (χ4v) is 6.16. The third-order valence-electron chi connectivity index (χ3n) is 6.05. The molecule has 0 fully saturated rings. The Morgan fingerprint density at radius 2 is 0.935 bits per heavy atom. The summed E-state index contributed by atoms with van der Waals surface area (Å²) in [5.74, 6) is 0. The normalized spacial score (nSPS) is 14.1. The van der Waals surface area contributed by atoms with Crippen LogP contribution in [0.1, 0.15) is 49.3 Å². The van der Waals surface area contributed by atoms with Gasteiger partial charge in [0.15, 0.2) is 9.84 Å². The second-order valence-electron chi connectivity index (χ2n) is 7.87. The van der Waals surface area contributed by atoms with Crippen molar-refractivity contribution < 1.29 is 8.42 Å². The molecule has 0 aromatic heterocycles. The summed E-state index contributed by atoms with van der Waals surface area (Å²) in [6.07, 6.45) is 0. The van der Waals surface area contributed by atoms with Crippen molar-refractivity contribution in [3.63, 3.8) is 0 Å². The molecule has 6 nitrogen and oxygen atoms in total. The topological polar surface area (TPSA) is 92.7 Å². The average Bonchev–Trinajstić information content (AvgIpc) is 2.77. The van der Waals surface area contributed by atoms with Gasteiger partial charge in [-0.05, 0) is 61.6 Å². The van der Waals surface area contributed by atoms with E-state index in [0.29, 0.717) is 24.5 Å². The predicted molar refractivity (Wildman–Crippen MR) is 132 cm³/mol. The standard InChI is InChI=1S/C24H38N4O2S/c1-5-27(6-2)17-23(19-9-13-21(25)14-10-19)31(29,30)24(18-28(7-3)8-4)20-11-15-22(26)16-12-20/h9-16,23-24H,5-8,17-18,25-26H2,1-4H3.